The molecule has 0 fully saturated rings. The summed E-state index contributed by atoms with van der Waals surface area (Å²) in [5.41, 5.74) is 2.37. The van der Waals surface area contributed by atoms with Gasteiger partial charge in [-0.1, -0.05) is 0 Å². The van der Waals surface area contributed by atoms with E-state index in [2.05, 4.69) is 27.6 Å². The van der Waals surface area contributed by atoms with Crippen LogP contribution in [0.2, 0.25) is 0 Å². The van der Waals surface area contributed by atoms with Gasteiger partial charge in [-0.3, -0.25) is 4.79 Å². The van der Waals surface area contributed by atoms with E-state index in [1.165, 1.54) is 0 Å². The van der Waals surface area contributed by atoms with Crippen molar-refractivity contribution in [1.29, 1.82) is 0 Å². The SMILES string of the molecule is Cc1ccc(-c2c3c(c(O)n2C)C(c2ccc(I)s2)=NC3=O)s1. The van der Waals surface area contributed by atoms with Gasteiger partial charge in [0.05, 0.1) is 35.2 Å². The van der Waals surface area contributed by atoms with Gasteiger partial charge >= 0.3 is 0 Å². The fourth-order valence-corrected chi connectivity index (χ4v) is 5.36. The molecule has 4 heterocycles. The summed E-state index contributed by atoms with van der Waals surface area (Å²) in [6.45, 7) is 2.02. The van der Waals surface area contributed by atoms with Crippen LogP contribution < -0.4 is 0 Å². The van der Waals surface area contributed by atoms with E-state index in [0.717, 1.165) is 23.2 Å². The molecule has 3 aromatic heterocycles. The van der Waals surface area contributed by atoms with Gasteiger partial charge in [0, 0.05) is 11.9 Å². The standard InChI is InChI=1S/C16H11IN2O2S2/c1-7-3-4-9(22-7)14-12-11(16(21)19(14)2)13(18-15(12)20)8-5-6-10(17)23-8/h3-6,21H,1-2H3. The molecule has 0 aliphatic carbocycles. The molecule has 7 heteroatoms. The molecule has 0 spiro atoms. The third kappa shape index (κ3) is 2.21. The summed E-state index contributed by atoms with van der Waals surface area (Å²) in [4.78, 5) is 19.8. The van der Waals surface area contributed by atoms with Crippen molar-refractivity contribution >= 4 is 56.9 Å². The number of hydrogen-bond acceptors (Lipinski definition) is 4. The molecule has 116 valence electrons. The number of aromatic nitrogens is 1. The predicted octanol–water partition coefficient (Wildman–Crippen LogP) is 4.42. The van der Waals surface area contributed by atoms with Gasteiger partial charge < -0.3 is 9.67 Å². The number of halogens is 1. The average molecular weight is 454 g/mol. The zero-order valence-electron chi connectivity index (χ0n) is 12.3. The molecular weight excluding hydrogens is 443 g/mol. The van der Waals surface area contributed by atoms with E-state index in [9.17, 15) is 9.90 Å². The second-order valence-electron chi connectivity index (χ2n) is 5.26. The summed E-state index contributed by atoms with van der Waals surface area (Å²) in [6.07, 6.45) is 0. The Morgan fingerprint density at radius 1 is 1.13 bits per heavy atom. The van der Waals surface area contributed by atoms with Crippen molar-refractivity contribution in [3.63, 3.8) is 0 Å². The van der Waals surface area contributed by atoms with Crippen molar-refractivity contribution in [2.24, 2.45) is 12.0 Å². The lowest BCUT2D eigenvalue weighted by Gasteiger charge is -2.03. The van der Waals surface area contributed by atoms with Gasteiger partial charge in [-0.05, 0) is 53.8 Å². The number of nitrogens with zero attached hydrogens (tertiary/aromatic N) is 2. The van der Waals surface area contributed by atoms with Crippen LogP contribution >= 0.6 is 45.3 Å². The second-order valence-corrected chi connectivity index (χ2v) is 9.53. The number of rotatable bonds is 2. The quantitative estimate of drug-likeness (QED) is 0.583. The van der Waals surface area contributed by atoms with Crippen LogP contribution in [0.15, 0.2) is 29.3 Å². The monoisotopic (exact) mass is 454 g/mol. The van der Waals surface area contributed by atoms with Gasteiger partial charge in [-0.15, -0.1) is 22.7 Å². The summed E-state index contributed by atoms with van der Waals surface area (Å²) in [5, 5.41) is 10.6. The van der Waals surface area contributed by atoms with Crippen molar-refractivity contribution in [3.8, 4) is 16.5 Å². The molecule has 0 aromatic carbocycles. The van der Waals surface area contributed by atoms with Gasteiger partial charge in [0.15, 0.2) is 0 Å². The van der Waals surface area contributed by atoms with E-state index in [0.29, 0.717) is 16.8 Å². The number of carbonyl (C=O) groups excluding carboxylic acids is 1. The van der Waals surface area contributed by atoms with Crippen LogP contribution in [0, 0.1) is 9.81 Å². The van der Waals surface area contributed by atoms with Gasteiger partial charge in [-0.2, -0.15) is 0 Å². The number of aliphatic imine (C=N–C) groups is 1. The van der Waals surface area contributed by atoms with E-state index in [-0.39, 0.29) is 11.8 Å². The minimum Gasteiger partial charge on any atom is -0.494 e. The molecule has 1 N–H and O–H groups in total. The Morgan fingerprint density at radius 3 is 2.48 bits per heavy atom. The summed E-state index contributed by atoms with van der Waals surface area (Å²) < 4.78 is 2.80. The molecule has 0 unspecified atom stereocenters. The molecular formula is C16H11IN2O2S2. The normalized spacial score (nSPS) is 13.5. The maximum atomic E-state index is 12.5. The Labute approximate surface area is 154 Å². The summed E-state index contributed by atoms with van der Waals surface area (Å²) in [6, 6.07) is 7.91. The van der Waals surface area contributed by atoms with E-state index in [1.807, 2.05) is 31.2 Å². The molecule has 1 amide bonds. The fourth-order valence-electron chi connectivity index (χ4n) is 2.79. The van der Waals surface area contributed by atoms with Crippen molar-refractivity contribution in [3.05, 3.63) is 48.0 Å². The van der Waals surface area contributed by atoms with Gasteiger partial charge in [0.2, 0.25) is 5.88 Å². The maximum absolute atomic E-state index is 12.5. The lowest BCUT2D eigenvalue weighted by atomic mass is 10.1. The highest BCUT2D eigenvalue weighted by molar-refractivity contribution is 14.1. The largest absolute Gasteiger partial charge is 0.494 e. The molecule has 0 saturated heterocycles. The zero-order chi connectivity index (χ0) is 16.3. The van der Waals surface area contributed by atoms with Crippen LogP contribution in [0.1, 0.15) is 25.7 Å². The number of hydrogen-bond donors (Lipinski definition) is 1. The van der Waals surface area contributed by atoms with Crippen LogP contribution in [0.5, 0.6) is 5.88 Å². The fraction of sp³-hybridized carbons (Fsp3) is 0.125. The predicted molar refractivity (Wildman–Crippen MR) is 102 cm³/mol. The Balaban J connectivity index is 1.97. The number of carbonyl (C=O) groups is 1. The minimum atomic E-state index is -0.282. The molecule has 23 heavy (non-hydrogen) atoms. The average Bonchev–Trinajstić information content (AvgIpc) is 3.23. The Hall–Kier alpha value is -1.45. The van der Waals surface area contributed by atoms with Crippen LogP contribution in [-0.2, 0) is 7.05 Å². The highest BCUT2D eigenvalue weighted by Gasteiger charge is 2.36. The van der Waals surface area contributed by atoms with Crippen molar-refractivity contribution < 1.29 is 9.90 Å². The molecule has 0 bridgehead atoms. The minimum absolute atomic E-state index is 0.0917. The Morgan fingerprint density at radius 2 is 1.87 bits per heavy atom. The topological polar surface area (TPSA) is 54.6 Å². The molecule has 0 atom stereocenters. The van der Waals surface area contributed by atoms with E-state index in [1.54, 1.807) is 34.3 Å². The molecule has 4 nitrogen and oxygen atoms in total. The van der Waals surface area contributed by atoms with Crippen LogP contribution in [-0.4, -0.2) is 21.3 Å². The maximum Gasteiger partial charge on any atom is 0.280 e. The first-order chi connectivity index (χ1) is 11.0. The summed E-state index contributed by atoms with van der Waals surface area (Å²) in [7, 11) is 1.78. The van der Waals surface area contributed by atoms with Crippen molar-refractivity contribution in [2.45, 2.75) is 6.92 Å². The Kier molecular flexibility index (Phi) is 3.47. The van der Waals surface area contributed by atoms with E-state index in [4.69, 9.17) is 0 Å². The van der Waals surface area contributed by atoms with Crippen LogP contribution in [0.4, 0.5) is 0 Å². The van der Waals surface area contributed by atoms with Crippen molar-refractivity contribution in [2.75, 3.05) is 0 Å². The molecule has 4 rings (SSSR count). The van der Waals surface area contributed by atoms with Gasteiger partial charge in [-0.25, -0.2) is 4.99 Å². The number of fused-ring (bicyclic) bond motifs is 1. The third-order valence-electron chi connectivity index (χ3n) is 3.81. The number of thiophene rings is 2. The smallest absolute Gasteiger partial charge is 0.280 e. The second kappa shape index (κ2) is 5.29. The first-order valence-corrected chi connectivity index (χ1v) is 9.56. The summed E-state index contributed by atoms with van der Waals surface area (Å²) >= 11 is 5.40. The zero-order valence-corrected chi connectivity index (χ0v) is 16.0. The first-order valence-electron chi connectivity index (χ1n) is 6.85. The highest BCUT2D eigenvalue weighted by atomic mass is 127. The van der Waals surface area contributed by atoms with Crippen LogP contribution in [0.25, 0.3) is 10.6 Å². The molecule has 3 aromatic rings. The van der Waals surface area contributed by atoms with Crippen LogP contribution in [0.3, 0.4) is 0 Å². The van der Waals surface area contributed by atoms with E-state index < -0.39 is 0 Å². The first kappa shape index (κ1) is 15.1. The number of aromatic hydroxyl groups is 1. The lowest BCUT2D eigenvalue weighted by Crippen LogP contribution is -1.98. The number of aryl methyl sites for hydroxylation is 1. The summed E-state index contributed by atoms with van der Waals surface area (Å²) in [5.74, 6) is -0.190. The Bertz CT molecular complexity index is 994. The van der Waals surface area contributed by atoms with Crippen molar-refractivity contribution in [1.82, 2.24) is 4.57 Å². The highest BCUT2D eigenvalue weighted by Crippen LogP contribution is 2.42. The van der Waals surface area contributed by atoms with E-state index >= 15 is 0 Å². The molecule has 0 saturated carbocycles. The van der Waals surface area contributed by atoms with Gasteiger partial charge in [0.25, 0.3) is 5.91 Å². The molecule has 1 aliphatic heterocycles. The van der Waals surface area contributed by atoms with Gasteiger partial charge in [0.1, 0.15) is 0 Å². The number of amides is 1. The lowest BCUT2D eigenvalue weighted by molar-refractivity contribution is 0.101. The molecule has 0 radical (unpaired) electrons. The molecule has 1 aliphatic rings. The third-order valence-corrected chi connectivity index (χ3v) is 6.72.